The zero-order chi connectivity index (χ0) is 13.7. The van der Waals surface area contributed by atoms with Gasteiger partial charge in [0.05, 0.1) is 23.4 Å². The topological polar surface area (TPSA) is 58.7 Å². The number of hydrogen-bond acceptors (Lipinski definition) is 3. The van der Waals surface area contributed by atoms with Crippen molar-refractivity contribution in [3.8, 4) is 6.07 Å². The SMILES string of the molecule is CCn1cc(C(=O)/C=C/c2ccc(C#N)cc2)cn1. The highest BCUT2D eigenvalue weighted by atomic mass is 16.1. The van der Waals surface area contributed by atoms with Crippen LogP contribution in [-0.2, 0) is 6.54 Å². The van der Waals surface area contributed by atoms with E-state index in [1.807, 2.05) is 6.92 Å². The first-order valence-corrected chi connectivity index (χ1v) is 5.98. The van der Waals surface area contributed by atoms with Crippen LogP contribution in [0.3, 0.4) is 0 Å². The summed E-state index contributed by atoms with van der Waals surface area (Å²) in [6, 6.07) is 9.10. The fourth-order valence-electron chi connectivity index (χ4n) is 1.60. The van der Waals surface area contributed by atoms with Gasteiger partial charge in [-0.25, -0.2) is 0 Å². The number of rotatable bonds is 4. The van der Waals surface area contributed by atoms with E-state index < -0.39 is 0 Å². The summed E-state index contributed by atoms with van der Waals surface area (Å²) in [6.45, 7) is 2.71. The van der Waals surface area contributed by atoms with Gasteiger partial charge < -0.3 is 0 Å². The standard InChI is InChI=1S/C15H13N3O/c1-2-18-11-14(10-17-18)15(19)8-7-12-3-5-13(9-16)6-4-12/h3-8,10-11H,2H2,1H3/b8-7+. The molecule has 0 amide bonds. The minimum Gasteiger partial charge on any atom is -0.289 e. The van der Waals surface area contributed by atoms with Crippen LogP contribution in [0.5, 0.6) is 0 Å². The molecule has 0 spiro atoms. The molecule has 0 aliphatic heterocycles. The van der Waals surface area contributed by atoms with Gasteiger partial charge in [0, 0.05) is 12.7 Å². The molecule has 0 saturated heterocycles. The third kappa shape index (κ3) is 3.17. The van der Waals surface area contributed by atoms with Crippen molar-refractivity contribution in [3.63, 3.8) is 0 Å². The maximum Gasteiger partial charge on any atom is 0.189 e. The molecule has 0 radical (unpaired) electrons. The van der Waals surface area contributed by atoms with E-state index in [1.54, 1.807) is 47.4 Å². The van der Waals surface area contributed by atoms with Gasteiger partial charge in [0.1, 0.15) is 0 Å². The van der Waals surface area contributed by atoms with Gasteiger partial charge in [0.2, 0.25) is 0 Å². The van der Waals surface area contributed by atoms with Gasteiger partial charge in [-0.15, -0.1) is 0 Å². The summed E-state index contributed by atoms with van der Waals surface area (Å²) < 4.78 is 1.71. The van der Waals surface area contributed by atoms with Crippen LogP contribution in [0, 0.1) is 11.3 Å². The highest BCUT2D eigenvalue weighted by molar-refractivity contribution is 6.06. The summed E-state index contributed by atoms with van der Waals surface area (Å²) in [5, 5.41) is 12.7. The maximum absolute atomic E-state index is 11.9. The van der Waals surface area contributed by atoms with Crippen LogP contribution in [0.4, 0.5) is 0 Å². The number of nitrogens with zero attached hydrogens (tertiary/aromatic N) is 3. The summed E-state index contributed by atoms with van der Waals surface area (Å²) in [6.07, 6.45) is 6.53. The number of ketones is 1. The summed E-state index contributed by atoms with van der Waals surface area (Å²) in [5.41, 5.74) is 2.06. The molecule has 2 aromatic rings. The average Bonchev–Trinajstić information content (AvgIpc) is 2.94. The molecule has 0 saturated carbocycles. The predicted octanol–water partition coefficient (Wildman–Crippen LogP) is 2.67. The van der Waals surface area contributed by atoms with Gasteiger partial charge in [0.15, 0.2) is 5.78 Å². The summed E-state index contributed by atoms with van der Waals surface area (Å²) in [7, 11) is 0. The number of carbonyl (C=O) groups excluding carboxylic acids is 1. The lowest BCUT2D eigenvalue weighted by molar-refractivity contribution is 0.104. The number of nitriles is 1. The first kappa shape index (κ1) is 12.8. The van der Waals surface area contributed by atoms with Crippen molar-refractivity contribution in [2.45, 2.75) is 13.5 Å². The Morgan fingerprint density at radius 2 is 2.16 bits per heavy atom. The summed E-state index contributed by atoms with van der Waals surface area (Å²) in [4.78, 5) is 11.9. The molecular weight excluding hydrogens is 238 g/mol. The van der Waals surface area contributed by atoms with E-state index in [0.29, 0.717) is 11.1 Å². The molecule has 19 heavy (non-hydrogen) atoms. The van der Waals surface area contributed by atoms with Crippen molar-refractivity contribution < 1.29 is 4.79 Å². The van der Waals surface area contributed by atoms with Crippen LogP contribution in [0.2, 0.25) is 0 Å². The highest BCUT2D eigenvalue weighted by Gasteiger charge is 2.04. The average molecular weight is 251 g/mol. The Hall–Kier alpha value is -2.67. The summed E-state index contributed by atoms with van der Waals surface area (Å²) in [5.74, 6) is -0.0796. The third-order valence-electron chi connectivity index (χ3n) is 2.71. The van der Waals surface area contributed by atoms with Crippen LogP contribution < -0.4 is 0 Å². The molecular formula is C15H13N3O. The largest absolute Gasteiger partial charge is 0.289 e. The molecule has 0 N–H and O–H groups in total. The van der Waals surface area contributed by atoms with Gasteiger partial charge in [-0.05, 0) is 30.7 Å². The van der Waals surface area contributed by atoms with Crippen LogP contribution in [0.15, 0.2) is 42.7 Å². The number of benzene rings is 1. The fraction of sp³-hybridized carbons (Fsp3) is 0.133. The minimum absolute atomic E-state index is 0.0796. The van der Waals surface area contributed by atoms with Crippen molar-refractivity contribution in [2.24, 2.45) is 0 Å². The Bertz CT molecular complexity index is 645. The van der Waals surface area contributed by atoms with Gasteiger partial charge >= 0.3 is 0 Å². The Morgan fingerprint density at radius 1 is 1.42 bits per heavy atom. The van der Waals surface area contributed by atoms with Crippen LogP contribution >= 0.6 is 0 Å². The van der Waals surface area contributed by atoms with Crippen LogP contribution in [0.1, 0.15) is 28.4 Å². The van der Waals surface area contributed by atoms with Gasteiger partial charge in [-0.1, -0.05) is 18.2 Å². The molecule has 2 rings (SSSR count). The van der Waals surface area contributed by atoms with Crippen LogP contribution in [-0.4, -0.2) is 15.6 Å². The lowest BCUT2D eigenvalue weighted by Gasteiger charge is -1.93. The highest BCUT2D eigenvalue weighted by Crippen LogP contribution is 2.07. The second kappa shape index (κ2) is 5.78. The molecule has 94 valence electrons. The van der Waals surface area contributed by atoms with Gasteiger partial charge in [-0.2, -0.15) is 10.4 Å². The maximum atomic E-state index is 11.9. The number of carbonyl (C=O) groups is 1. The Labute approximate surface area is 111 Å². The van der Waals surface area contributed by atoms with E-state index in [2.05, 4.69) is 11.2 Å². The number of aromatic nitrogens is 2. The monoisotopic (exact) mass is 251 g/mol. The van der Waals surface area contributed by atoms with E-state index in [9.17, 15) is 4.79 Å². The Morgan fingerprint density at radius 3 is 2.74 bits per heavy atom. The second-order valence-electron chi connectivity index (χ2n) is 4.02. The zero-order valence-corrected chi connectivity index (χ0v) is 10.6. The Balaban J connectivity index is 2.09. The van der Waals surface area contributed by atoms with Gasteiger partial charge in [0.25, 0.3) is 0 Å². The lowest BCUT2D eigenvalue weighted by atomic mass is 10.1. The van der Waals surface area contributed by atoms with Gasteiger partial charge in [-0.3, -0.25) is 9.48 Å². The van der Waals surface area contributed by atoms with E-state index >= 15 is 0 Å². The number of allylic oxidation sites excluding steroid dienone is 1. The third-order valence-corrected chi connectivity index (χ3v) is 2.71. The quantitative estimate of drug-likeness (QED) is 0.620. The lowest BCUT2D eigenvalue weighted by Crippen LogP contribution is -1.94. The molecule has 0 fully saturated rings. The molecule has 4 heteroatoms. The zero-order valence-electron chi connectivity index (χ0n) is 10.6. The molecule has 0 atom stereocenters. The summed E-state index contributed by atoms with van der Waals surface area (Å²) >= 11 is 0. The first-order chi connectivity index (χ1) is 9.22. The number of hydrogen-bond donors (Lipinski definition) is 0. The van der Waals surface area contributed by atoms with E-state index in [-0.39, 0.29) is 5.78 Å². The van der Waals surface area contributed by atoms with Crippen molar-refractivity contribution in [1.29, 1.82) is 5.26 Å². The molecule has 4 nitrogen and oxygen atoms in total. The smallest absolute Gasteiger partial charge is 0.189 e. The molecule has 0 unspecified atom stereocenters. The van der Waals surface area contributed by atoms with Crippen molar-refractivity contribution in [1.82, 2.24) is 9.78 Å². The van der Waals surface area contributed by atoms with E-state index in [1.165, 1.54) is 6.08 Å². The molecule has 1 aromatic heterocycles. The van der Waals surface area contributed by atoms with E-state index in [4.69, 9.17) is 5.26 Å². The fourth-order valence-corrected chi connectivity index (χ4v) is 1.60. The molecule has 1 heterocycles. The Kier molecular flexibility index (Phi) is 3.89. The van der Waals surface area contributed by atoms with Crippen molar-refractivity contribution in [2.75, 3.05) is 0 Å². The van der Waals surface area contributed by atoms with Crippen LogP contribution in [0.25, 0.3) is 6.08 Å². The minimum atomic E-state index is -0.0796. The molecule has 0 aliphatic rings. The molecule has 1 aromatic carbocycles. The number of aryl methyl sites for hydroxylation is 1. The molecule has 0 aliphatic carbocycles. The first-order valence-electron chi connectivity index (χ1n) is 5.98. The molecule has 0 bridgehead atoms. The predicted molar refractivity (Wildman–Crippen MR) is 72.4 cm³/mol. The normalized spacial score (nSPS) is 10.5. The van der Waals surface area contributed by atoms with E-state index in [0.717, 1.165) is 12.1 Å². The second-order valence-corrected chi connectivity index (χ2v) is 4.02. The van der Waals surface area contributed by atoms with Crippen molar-refractivity contribution >= 4 is 11.9 Å². The van der Waals surface area contributed by atoms with Crippen molar-refractivity contribution in [3.05, 3.63) is 59.4 Å².